The van der Waals surface area contributed by atoms with Crippen LogP contribution in [0.1, 0.15) is 41.2 Å². The molecule has 2 saturated carbocycles. The van der Waals surface area contributed by atoms with Crippen molar-refractivity contribution in [3.8, 4) is 0 Å². The van der Waals surface area contributed by atoms with E-state index in [1.54, 1.807) is 0 Å². The summed E-state index contributed by atoms with van der Waals surface area (Å²) in [6, 6.07) is 0. The molecule has 6 heteroatoms. The number of hydrazine groups is 1. The molecule has 20 heavy (non-hydrogen) atoms. The van der Waals surface area contributed by atoms with Gasteiger partial charge in [0.2, 0.25) is 0 Å². The van der Waals surface area contributed by atoms with Crippen molar-refractivity contribution in [1.82, 2.24) is 15.3 Å². The fourth-order valence-electron chi connectivity index (χ4n) is 3.89. The van der Waals surface area contributed by atoms with Gasteiger partial charge in [-0.25, -0.2) is 10.8 Å². The van der Waals surface area contributed by atoms with Crippen LogP contribution in [0.5, 0.6) is 0 Å². The summed E-state index contributed by atoms with van der Waals surface area (Å²) in [5.74, 6) is 7.62. The van der Waals surface area contributed by atoms with Crippen molar-refractivity contribution in [2.24, 2.45) is 23.6 Å². The third-order valence-corrected chi connectivity index (χ3v) is 5.63. The van der Waals surface area contributed by atoms with E-state index in [-0.39, 0.29) is 5.91 Å². The largest absolute Gasteiger partial charge is 0.300 e. The van der Waals surface area contributed by atoms with Crippen LogP contribution in [-0.2, 0) is 6.54 Å². The van der Waals surface area contributed by atoms with Crippen LogP contribution in [0.3, 0.4) is 0 Å². The SMILES string of the molecule is CN(Cc1csc(C(=O)NN)n1)CC1CC2CCC1C2. The van der Waals surface area contributed by atoms with Crippen LogP contribution in [0.4, 0.5) is 0 Å². The van der Waals surface area contributed by atoms with Crippen molar-refractivity contribution < 1.29 is 4.79 Å². The molecular formula is C14H22N4OS. The lowest BCUT2D eigenvalue weighted by atomic mass is 9.88. The second-order valence-corrected chi connectivity index (χ2v) is 7.11. The molecule has 0 spiro atoms. The first kappa shape index (κ1) is 14.0. The van der Waals surface area contributed by atoms with E-state index < -0.39 is 0 Å². The number of thiazole rings is 1. The Hall–Kier alpha value is -0.980. The molecule has 2 aliphatic rings. The van der Waals surface area contributed by atoms with Crippen molar-refractivity contribution in [1.29, 1.82) is 0 Å². The molecule has 0 aliphatic heterocycles. The van der Waals surface area contributed by atoms with E-state index in [4.69, 9.17) is 5.84 Å². The summed E-state index contributed by atoms with van der Waals surface area (Å²) in [6.07, 6.45) is 5.75. The summed E-state index contributed by atoms with van der Waals surface area (Å²) in [7, 11) is 2.15. The summed E-state index contributed by atoms with van der Waals surface area (Å²) >= 11 is 1.35. The first-order valence-electron chi connectivity index (χ1n) is 7.29. The number of hydrogen-bond donors (Lipinski definition) is 2. The highest BCUT2D eigenvalue weighted by molar-refractivity contribution is 7.11. The second kappa shape index (κ2) is 5.79. The minimum Gasteiger partial charge on any atom is -0.300 e. The molecule has 3 N–H and O–H groups in total. The number of hydrogen-bond acceptors (Lipinski definition) is 5. The number of carbonyl (C=O) groups excluding carboxylic acids is 1. The number of amides is 1. The molecule has 2 bridgehead atoms. The number of nitrogens with two attached hydrogens (primary N) is 1. The zero-order chi connectivity index (χ0) is 14.1. The molecule has 1 amide bonds. The molecule has 0 saturated heterocycles. The van der Waals surface area contributed by atoms with Crippen LogP contribution in [0, 0.1) is 17.8 Å². The third kappa shape index (κ3) is 2.87. The van der Waals surface area contributed by atoms with Crippen LogP contribution < -0.4 is 11.3 Å². The Morgan fingerprint density at radius 1 is 1.55 bits per heavy atom. The van der Waals surface area contributed by atoms with Gasteiger partial charge in [-0.3, -0.25) is 10.2 Å². The third-order valence-electron chi connectivity index (χ3n) is 4.74. The fourth-order valence-corrected chi connectivity index (χ4v) is 4.60. The van der Waals surface area contributed by atoms with E-state index in [0.717, 1.165) is 36.5 Å². The average molecular weight is 294 g/mol. The Kier molecular flexibility index (Phi) is 4.05. The standard InChI is InChI=1S/C14H22N4OS/c1-18(6-11-5-9-2-3-10(11)4-9)7-12-8-20-14(16-12)13(19)17-15/h8-11H,2-7,15H2,1H3,(H,17,19). The second-order valence-electron chi connectivity index (χ2n) is 6.25. The van der Waals surface area contributed by atoms with E-state index >= 15 is 0 Å². The molecule has 3 unspecified atom stereocenters. The number of nitrogen functional groups attached to an aromatic ring is 1. The minimum absolute atomic E-state index is 0.308. The highest BCUT2D eigenvalue weighted by Crippen LogP contribution is 2.48. The van der Waals surface area contributed by atoms with E-state index in [9.17, 15) is 4.79 Å². The highest BCUT2D eigenvalue weighted by atomic mass is 32.1. The van der Waals surface area contributed by atoms with Gasteiger partial charge in [0.25, 0.3) is 5.91 Å². The van der Waals surface area contributed by atoms with Gasteiger partial charge in [-0.15, -0.1) is 11.3 Å². The molecule has 2 aliphatic carbocycles. The molecule has 110 valence electrons. The maximum atomic E-state index is 11.4. The summed E-state index contributed by atoms with van der Waals surface area (Å²) < 4.78 is 0. The minimum atomic E-state index is -0.308. The van der Waals surface area contributed by atoms with Crippen LogP contribution in [-0.4, -0.2) is 29.4 Å². The predicted molar refractivity (Wildman–Crippen MR) is 79.0 cm³/mol. The van der Waals surface area contributed by atoms with E-state index in [0.29, 0.717) is 5.01 Å². The molecule has 1 heterocycles. The molecule has 5 nitrogen and oxygen atoms in total. The van der Waals surface area contributed by atoms with Gasteiger partial charge in [0.05, 0.1) is 5.69 Å². The normalized spacial score (nSPS) is 28.2. The zero-order valence-corrected chi connectivity index (χ0v) is 12.7. The van der Waals surface area contributed by atoms with Crippen molar-refractivity contribution in [2.75, 3.05) is 13.6 Å². The molecule has 0 radical (unpaired) electrons. The smallest absolute Gasteiger partial charge is 0.294 e. The quantitative estimate of drug-likeness (QED) is 0.492. The molecule has 1 aromatic rings. The van der Waals surface area contributed by atoms with Gasteiger partial charge in [0, 0.05) is 18.5 Å². The Morgan fingerprint density at radius 3 is 3.05 bits per heavy atom. The van der Waals surface area contributed by atoms with Gasteiger partial charge in [-0.1, -0.05) is 6.42 Å². The van der Waals surface area contributed by atoms with E-state index in [2.05, 4.69) is 22.4 Å². The van der Waals surface area contributed by atoms with E-state index in [1.165, 1.54) is 37.0 Å². The van der Waals surface area contributed by atoms with Crippen LogP contribution in [0.25, 0.3) is 0 Å². The van der Waals surface area contributed by atoms with Crippen molar-refractivity contribution in [3.05, 3.63) is 16.1 Å². The Balaban J connectivity index is 1.52. The fraction of sp³-hybridized carbons (Fsp3) is 0.714. The number of fused-ring (bicyclic) bond motifs is 2. The molecular weight excluding hydrogens is 272 g/mol. The van der Waals surface area contributed by atoms with Gasteiger partial charge in [-0.2, -0.15) is 0 Å². The number of nitrogens with one attached hydrogen (secondary N) is 1. The topological polar surface area (TPSA) is 71.2 Å². The first-order valence-corrected chi connectivity index (χ1v) is 8.17. The van der Waals surface area contributed by atoms with Crippen molar-refractivity contribution >= 4 is 17.2 Å². The van der Waals surface area contributed by atoms with Gasteiger partial charge < -0.3 is 4.90 Å². The maximum Gasteiger partial charge on any atom is 0.294 e. The van der Waals surface area contributed by atoms with Crippen LogP contribution in [0.2, 0.25) is 0 Å². The maximum absolute atomic E-state index is 11.4. The van der Waals surface area contributed by atoms with Gasteiger partial charge in [-0.05, 0) is 44.1 Å². The lowest BCUT2D eigenvalue weighted by Crippen LogP contribution is -2.30. The number of aromatic nitrogens is 1. The Bertz CT molecular complexity index is 489. The van der Waals surface area contributed by atoms with Gasteiger partial charge in [0.15, 0.2) is 5.01 Å². The number of carbonyl (C=O) groups is 1. The lowest BCUT2D eigenvalue weighted by Gasteiger charge is -2.26. The number of nitrogens with zero attached hydrogens (tertiary/aromatic N) is 2. The van der Waals surface area contributed by atoms with Gasteiger partial charge >= 0.3 is 0 Å². The van der Waals surface area contributed by atoms with Crippen molar-refractivity contribution in [2.45, 2.75) is 32.2 Å². The Morgan fingerprint density at radius 2 is 2.40 bits per heavy atom. The molecule has 2 fully saturated rings. The predicted octanol–water partition coefficient (Wildman–Crippen LogP) is 1.61. The summed E-state index contributed by atoms with van der Waals surface area (Å²) in [4.78, 5) is 18.0. The number of rotatable bonds is 5. The lowest BCUT2D eigenvalue weighted by molar-refractivity contribution is 0.0953. The molecule has 0 aromatic carbocycles. The molecule has 3 atom stereocenters. The summed E-state index contributed by atoms with van der Waals surface area (Å²) in [6.45, 7) is 1.96. The summed E-state index contributed by atoms with van der Waals surface area (Å²) in [5, 5.41) is 2.39. The van der Waals surface area contributed by atoms with Crippen molar-refractivity contribution in [3.63, 3.8) is 0 Å². The first-order chi connectivity index (χ1) is 9.65. The zero-order valence-electron chi connectivity index (χ0n) is 11.8. The van der Waals surface area contributed by atoms with Gasteiger partial charge in [0.1, 0.15) is 0 Å². The van der Waals surface area contributed by atoms with E-state index in [1.807, 2.05) is 5.38 Å². The average Bonchev–Trinajstić information content (AvgIpc) is 3.13. The molecule has 1 aromatic heterocycles. The van der Waals surface area contributed by atoms with Crippen LogP contribution >= 0.6 is 11.3 Å². The van der Waals surface area contributed by atoms with Crippen LogP contribution in [0.15, 0.2) is 5.38 Å². The monoisotopic (exact) mass is 294 g/mol. The molecule has 3 rings (SSSR count). The highest BCUT2D eigenvalue weighted by Gasteiger charge is 2.39. The Labute approximate surface area is 123 Å². The summed E-state index contributed by atoms with van der Waals surface area (Å²) in [5.41, 5.74) is 3.08.